The second-order valence-corrected chi connectivity index (χ2v) is 20.9. The van der Waals surface area contributed by atoms with Crippen LogP contribution in [0.3, 0.4) is 0 Å². The van der Waals surface area contributed by atoms with E-state index in [0.717, 1.165) is 57.4 Å². The molecule has 2 fully saturated rings. The Labute approximate surface area is 452 Å². The second-order valence-electron chi connectivity index (χ2n) is 18.5. The van der Waals surface area contributed by atoms with Gasteiger partial charge in [0.2, 0.25) is 10.0 Å². The van der Waals surface area contributed by atoms with Gasteiger partial charge in [-0.25, -0.2) is 8.42 Å². The fraction of sp³-hybridized carbons (Fsp3) is 0.436. The third-order valence-corrected chi connectivity index (χ3v) is 14.7. The molecule has 20 nitrogen and oxygen atoms in total. The van der Waals surface area contributed by atoms with Crippen molar-refractivity contribution in [3.05, 3.63) is 118 Å². The minimum atomic E-state index is -3.55. The van der Waals surface area contributed by atoms with Crippen molar-refractivity contribution in [2.24, 2.45) is 7.05 Å². The van der Waals surface area contributed by atoms with Gasteiger partial charge >= 0.3 is 0 Å². The first-order chi connectivity index (χ1) is 37.4. The van der Waals surface area contributed by atoms with Crippen LogP contribution < -0.4 is 34.7 Å². The molecule has 4 heterocycles. The van der Waals surface area contributed by atoms with Gasteiger partial charge in [0, 0.05) is 72.9 Å². The number of piperidine rings is 1. The van der Waals surface area contributed by atoms with Crippen LogP contribution in [-0.2, 0) is 40.8 Å². The number of fused-ring (bicyclic) bond motifs is 1. The highest BCUT2D eigenvalue weighted by atomic mass is 35.5. The number of rotatable bonds is 28. The second kappa shape index (κ2) is 28.0. The fourth-order valence-electron chi connectivity index (χ4n) is 8.94. The van der Waals surface area contributed by atoms with E-state index in [9.17, 15) is 18.0 Å². The number of sulfonamides is 1. The number of ether oxygens (including phenoxy) is 8. The molecule has 2 aliphatic rings. The summed E-state index contributed by atoms with van der Waals surface area (Å²) in [5.41, 5.74) is 2.56. The van der Waals surface area contributed by atoms with E-state index in [-0.39, 0.29) is 41.2 Å². The highest BCUT2D eigenvalue weighted by molar-refractivity contribution is 7.92. The van der Waals surface area contributed by atoms with Gasteiger partial charge in [0.05, 0.1) is 88.0 Å². The Morgan fingerprint density at radius 3 is 2.16 bits per heavy atom. The highest BCUT2D eigenvalue weighted by Crippen LogP contribution is 2.39. The quantitative estimate of drug-likeness (QED) is 0.0400. The molecular weight excluding hydrogens is 1030 g/mol. The van der Waals surface area contributed by atoms with Crippen molar-refractivity contribution in [3.63, 3.8) is 0 Å². The van der Waals surface area contributed by atoms with Gasteiger partial charge in [0.1, 0.15) is 41.2 Å². The van der Waals surface area contributed by atoms with Crippen LogP contribution in [0.4, 0.5) is 11.5 Å². The molecule has 77 heavy (non-hydrogen) atoms. The number of aromatic nitrogens is 4. The van der Waals surface area contributed by atoms with E-state index in [1.165, 1.54) is 4.57 Å². The number of hydrogen-bond acceptors (Lipinski definition) is 16. The summed E-state index contributed by atoms with van der Waals surface area (Å²) in [6.45, 7) is 7.27. The Balaban J connectivity index is 0.627. The third kappa shape index (κ3) is 16.4. The van der Waals surface area contributed by atoms with Crippen LogP contribution in [0.25, 0.3) is 22.0 Å². The van der Waals surface area contributed by atoms with Crippen molar-refractivity contribution < 1.29 is 51.1 Å². The van der Waals surface area contributed by atoms with Crippen molar-refractivity contribution in [1.82, 2.24) is 25.1 Å². The van der Waals surface area contributed by atoms with Gasteiger partial charge in [0.25, 0.3) is 11.5 Å². The Hall–Kier alpha value is -6.77. The molecule has 3 aromatic carbocycles. The van der Waals surface area contributed by atoms with Crippen molar-refractivity contribution in [1.29, 1.82) is 5.26 Å². The first-order valence-electron chi connectivity index (χ1n) is 25.9. The molecule has 3 N–H and O–H groups in total. The molecule has 0 unspecified atom stereocenters. The number of benzene rings is 3. The average molecular weight is 1100 g/mol. The molecule has 8 rings (SSSR count). The van der Waals surface area contributed by atoms with Crippen LogP contribution in [0.2, 0.25) is 5.02 Å². The molecule has 1 saturated carbocycles. The fourth-order valence-corrected chi connectivity index (χ4v) is 9.78. The first kappa shape index (κ1) is 56.4. The lowest BCUT2D eigenvalue weighted by Crippen LogP contribution is -2.40. The third-order valence-electron chi connectivity index (χ3n) is 13.1. The first-order valence-corrected chi connectivity index (χ1v) is 27.9. The van der Waals surface area contributed by atoms with Gasteiger partial charge in [-0.2, -0.15) is 5.26 Å². The Bertz CT molecular complexity index is 3100. The Morgan fingerprint density at radius 2 is 1.48 bits per heavy atom. The van der Waals surface area contributed by atoms with Gasteiger partial charge < -0.3 is 57.7 Å². The molecule has 1 aliphatic heterocycles. The lowest BCUT2D eigenvalue weighted by Gasteiger charge is -2.32. The predicted molar refractivity (Wildman–Crippen MR) is 291 cm³/mol. The molecule has 6 aromatic rings. The number of nitrogens with one attached hydrogen (secondary N) is 3. The Morgan fingerprint density at radius 1 is 0.779 bits per heavy atom. The number of aryl methyl sites for hydroxylation is 1. The smallest absolute Gasteiger partial charge is 0.274 e. The molecule has 0 atom stereocenters. The molecule has 410 valence electrons. The Kier molecular flexibility index (Phi) is 20.5. The lowest BCUT2D eigenvalue weighted by molar-refractivity contribution is -0.0273. The van der Waals surface area contributed by atoms with Crippen molar-refractivity contribution in [3.8, 4) is 40.2 Å². The number of nitriles is 1. The van der Waals surface area contributed by atoms with E-state index < -0.39 is 10.0 Å². The maximum atomic E-state index is 13.0. The lowest BCUT2D eigenvalue weighted by atomic mass is 9.93. The molecule has 22 heteroatoms. The van der Waals surface area contributed by atoms with Gasteiger partial charge in [-0.3, -0.25) is 14.3 Å². The summed E-state index contributed by atoms with van der Waals surface area (Å²) in [5, 5.41) is 21.8. The number of amides is 1. The largest absolute Gasteiger partial charge is 0.491 e. The summed E-state index contributed by atoms with van der Waals surface area (Å²) in [5.74, 6) is 2.57. The maximum absolute atomic E-state index is 13.0. The number of halogens is 1. The number of anilines is 2. The van der Waals surface area contributed by atoms with Gasteiger partial charge in [-0.15, -0.1) is 10.2 Å². The van der Waals surface area contributed by atoms with Crippen LogP contribution in [-0.4, -0.2) is 137 Å². The summed E-state index contributed by atoms with van der Waals surface area (Å²) < 4.78 is 76.0. The molecule has 1 aliphatic carbocycles. The predicted octanol–water partition coefficient (Wildman–Crippen LogP) is 7.65. The molecule has 1 saturated heterocycles. The van der Waals surface area contributed by atoms with E-state index in [4.69, 9.17) is 54.8 Å². The topological polar surface area (TPSA) is 240 Å². The summed E-state index contributed by atoms with van der Waals surface area (Å²) in [6.07, 6.45) is 8.36. The van der Waals surface area contributed by atoms with Crippen molar-refractivity contribution >= 4 is 49.9 Å². The number of pyridine rings is 1. The van der Waals surface area contributed by atoms with E-state index in [1.807, 2.05) is 18.2 Å². The van der Waals surface area contributed by atoms with E-state index >= 15 is 0 Å². The standard InChI is InChI=1S/C55H65ClN8O12S/c1-3-77(67,68)62-40-10-15-51(47(33-40)48-37-63(2)55(66)53-46(48)17-20-58-53)76-44-6-4-5-43(34-44)74-32-30-72-28-26-70-24-23-69-25-27-71-29-31-73-41-18-21-64(22-19-41)52-16-14-50(60-61-52)54(65)59-39-8-12-42(13-9-39)75-45-11-7-38(36-57)49(56)35-45/h4-7,10-11,14-17,20,33-35,37,39,41-42,58,62H,3,8-9,12-13,18-19,21-32H2,1-2H3,(H,59,65). The number of carbonyl (C=O) groups excluding carboxylic acids is 1. The van der Waals surface area contributed by atoms with Crippen LogP contribution in [0.1, 0.15) is 61.5 Å². The normalized spacial score (nSPS) is 16.0. The van der Waals surface area contributed by atoms with Crippen LogP contribution in [0.5, 0.6) is 23.0 Å². The van der Waals surface area contributed by atoms with E-state index in [2.05, 4.69) is 36.2 Å². The minimum Gasteiger partial charge on any atom is -0.491 e. The molecule has 0 radical (unpaired) electrons. The van der Waals surface area contributed by atoms with Gasteiger partial charge in [-0.1, -0.05) is 17.7 Å². The highest BCUT2D eigenvalue weighted by Gasteiger charge is 2.26. The van der Waals surface area contributed by atoms with Crippen molar-refractivity contribution in [2.45, 2.75) is 63.7 Å². The summed E-state index contributed by atoms with van der Waals surface area (Å²) >= 11 is 6.15. The summed E-state index contributed by atoms with van der Waals surface area (Å²) in [7, 11) is -1.89. The average Bonchev–Trinajstić information content (AvgIpc) is 3.95. The van der Waals surface area contributed by atoms with Crippen LogP contribution >= 0.6 is 11.6 Å². The summed E-state index contributed by atoms with van der Waals surface area (Å²) in [4.78, 5) is 30.9. The van der Waals surface area contributed by atoms with Gasteiger partial charge in [0.15, 0.2) is 11.5 Å². The molecule has 1 amide bonds. The number of nitrogens with zero attached hydrogens (tertiary/aromatic N) is 5. The molecule has 0 bridgehead atoms. The maximum Gasteiger partial charge on any atom is 0.274 e. The zero-order valence-electron chi connectivity index (χ0n) is 43.2. The number of aromatic amines is 1. The number of H-pyrrole nitrogens is 1. The SMILES string of the molecule is CCS(=O)(=O)Nc1ccc(Oc2cccc(OCCOCCOCCOCCOCCOC3CCN(c4ccc(C(=O)NC5CCC(Oc6ccc(C#N)c(Cl)c6)CC5)nn4)CC3)c2)c(-c2cn(C)c(=O)c3[nH]ccc23)c1. The van der Waals surface area contributed by atoms with Crippen molar-refractivity contribution in [2.75, 3.05) is 94.5 Å². The molecule has 0 spiro atoms. The van der Waals surface area contributed by atoms with Crippen LogP contribution in [0.15, 0.2) is 96.1 Å². The zero-order chi connectivity index (χ0) is 54.0. The number of hydrogen-bond donors (Lipinski definition) is 3. The van der Waals surface area contributed by atoms with Crippen LogP contribution in [0, 0.1) is 11.3 Å². The van der Waals surface area contributed by atoms with Gasteiger partial charge in [-0.05, 0) is 106 Å². The molecular formula is C55H65ClN8O12S. The zero-order valence-corrected chi connectivity index (χ0v) is 44.8. The minimum absolute atomic E-state index is 0.0148. The monoisotopic (exact) mass is 1100 g/mol. The van der Waals surface area contributed by atoms with E-state index in [0.29, 0.717) is 127 Å². The summed E-state index contributed by atoms with van der Waals surface area (Å²) in [6, 6.07) is 24.7. The van der Waals surface area contributed by atoms with E-state index in [1.54, 1.807) is 87.0 Å². The molecule has 3 aromatic heterocycles. The number of carbonyl (C=O) groups is 1.